The van der Waals surface area contributed by atoms with Crippen LogP contribution in [0.5, 0.6) is 0 Å². The zero-order chi connectivity index (χ0) is 17.6. The number of allylic oxidation sites excluding steroid dienone is 2. The van der Waals surface area contributed by atoms with Gasteiger partial charge in [0.05, 0.1) is 15.6 Å². The van der Waals surface area contributed by atoms with Crippen molar-refractivity contribution in [3.63, 3.8) is 0 Å². The Balaban J connectivity index is 2.19. The standard InChI is InChI=1S/C16H10Cl2FNO3S/c1-8-16(15(21)9-2-4-10(17)5-3-9)24(22,23)13-7-11(19)6-12(18)14(13)20-8/h2-7,20H,1H3. The van der Waals surface area contributed by atoms with Gasteiger partial charge in [0.15, 0.2) is 0 Å². The maximum absolute atomic E-state index is 13.6. The highest BCUT2D eigenvalue weighted by molar-refractivity contribution is 7.96. The maximum atomic E-state index is 13.6. The summed E-state index contributed by atoms with van der Waals surface area (Å²) in [6.07, 6.45) is 0. The molecule has 1 aliphatic rings. The first kappa shape index (κ1) is 17.0. The Morgan fingerprint density at radius 3 is 2.38 bits per heavy atom. The van der Waals surface area contributed by atoms with Crippen molar-refractivity contribution in [1.29, 1.82) is 0 Å². The van der Waals surface area contributed by atoms with Gasteiger partial charge in [-0.2, -0.15) is 0 Å². The molecule has 0 amide bonds. The second-order valence-corrected chi connectivity index (χ2v) is 7.88. The number of carbonyl (C=O) groups is 1. The fourth-order valence-corrected chi connectivity index (χ4v) is 4.63. The predicted molar refractivity (Wildman–Crippen MR) is 90.7 cm³/mol. The highest BCUT2D eigenvalue weighted by Crippen LogP contribution is 2.40. The third-order valence-electron chi connectivity index (χ3n) is 3.54. The monoisotopic (exact) mass is 385 g/mol. The molecule has 8 heteroatoms. The van der Waals surface area contributed by atoms with Gasteiger partial charge in [-0.25, -0.2) is 12.8 Å². The van der Waals surface area contributed by atoms with Crippen molar-refractivity contribution >= 4 is 44.5 Å². The third kappa shape index (κ3) is 2.70. The first-order valence-corrected chi connectivity index (χ1v) is 8.98. The Labute approximate surface area is 147 Å². The molecule has 0 aromatic heterocycles. The van der Waals surface area contributed by atoms with Crippen LogP contribution >= 0.6 is 23.2 Å². The van der Waals surface area contributed by atoms with Crippen LogP contribution in [0.4, 0.5) is 10.1 Å². The fraction of sp³-hybridized carbons (Fsp3) is 0.0625. The van der Waals surface area contributed by atoms with E-state index >= 15 is 0 Å². The van der Waals surface area contributed by atoms with Gasteiger partial charge in [-0.3, -0.25) is 4.79 Å². The molecule has 1 N–H and O–H groups in total. The van der Waals surface area contributed by atoms with E-state index in [1.165, 1.54) is 31.2 Å². The summed E-state index contributed by atoms with van der Waals surface area (Å²) < 4.78 is 39.3. The Kier molecular flexibility index (Phi) is 4.15. The SMILES string of the molecule is CC1=C(C(=O)c2ccc(Cl)cc2)S(=O)(=O)c2cc(F)cc(Cl)c2N1. The van der Waals surface area contributed by atoms with Crippen molar-refractivity contribution in [2.45, 2.75) is 11.8 Å². The minimum absolute atomic E-state index is 0.0585. The summed E-state index contributed by atoms with van der Waals surface area (Å²) in [4.78, 5) is 11.9. The number of hydrogen-bond acceptors (Lipinski definition) is 4. The van der Waals surface area contributed by atoms with Crippen LogP contribution < -0.4 is 5.32 Å². The summed E-state index contributed by atoms with van der Waals surface area (Å²) in [7, 11) is -4.22. The van der Waals surface area contributed by atoms with Crippen LogP contribution in [-0.2, 0) is 9.84 Å². The minimum Gasteiger partial charge on any atom is -0.356 e. The summed E-state index contributed by atoms with van der Waals surface area (Å²) in [5, 5.41) is 3.12. The first-order chi connectivity index (χ1) is 11.2. The van der Waals surface area contributed by atoms with Crippen LogP contribution in [0.1, 0.15) is 17.3 Å². The molecular weight excluding hydrogens is 376 g/mol. The lowest BCUT2D eigenvalue weighted by atomic mass is 10.1. The highest BCUT2D eigenvalue weighted by atomic mass is 35.5. The minimum atomic E-state index is -4.22. The first-order valence-electron chi connectivity index (χ1n) is 6.74. The van der Waals surface area contributed by atoms with E-state index in [0.29, 0.717) is 5.02 Å². The van der Waals surface area contributed by atoms with Gasteiger partial charge in [0.25, 0.3) is 0 Å². The number of rotatable bonds is 2. The van der Waals surface area contributed by atoms with Crippen molar-refractivity contribution in [1.82, 2.24) is 0 Å². The number of ketones is 1. The highest BCUT2D eigenvalue weighted by Gasteiger charge is 2.37. The van der Waals surface area contributed by atoms with Crippen LogP contribution in [0.15, 0.2) is 51.9 Å². The summed E-state index contributed by atoms with van der Waals surface area (Å²) >= 11 is 11.7. The lowest BCUT2D eigenvalue weighted by molar-refractivity contribution is 0.104. The summed E-state index contributed by atoms with van der Waals surface area (Å²) in [5.41, 5.74) is 0.337. The molecule has 0 atom stereocenters. The average molecular weight is 386 g/mol. The molecule has 124 valence electrons. The lowest BCUT2D eigenvalue weighted by Gasteiger charge is -2.23. The molecule has 0 spiro atoms. The van der Waals surface area contributed by atoms with Crippen LogP contribution in [0, 0.1) is 5.82 Å². The number of sulfone groups is 1. The second-order valence-electron chi connectivity index (χ2n) is 5.18. The van der Waals surface area contributed by atoms with Crippen LogP contribution in [-0.4, -0.2) is 14.2 Å². The molecule has 4 nitrogen and oxygen atoms in total. The van der Waals surface area contributed by atoms with Gasteiger partial charge in [0, 0.05) is 16.3 Å². The number of anilines is 1. The molecule has 1 heterocycles. The van der Waals surface area contributed by atoms with Crippen LogP contribution in [0.3, 0.4) is 0 Å². The molecule has 0 saturated heterocycles. The number of benzene rings is 2. The number of nitrogens with one attached hydrogen (secondary N) is 1. The summed E-state index contributed by atoms with van der Waals surface area (Å²) in [5.74, 6) is -1.51. The van der Waals surface area contributed by atoms with E-state index in [4.69, 9.17) is 23.2 Å². The third-order valence-corrected chi connectivity index (χ3v) is 6.02. The molecule has 3 rings (SSSR count). The van der Waals surface area contributed by atoms with Crippen LogP contribution in [0.25, 0.3) is 0 Å². The van der Waals surface area contributed by atoms with Gasteiger partial charge in [-0.15, -0.1) is 0 Å². The van der Waals surface area contributed by atoms with E-state index in [2.05, 4.69) is 5.32 Å². The largest absolute Gasteiger partial charge is 0.356 e. The molecule has 0 aliphatic carbocycles. The Bertz CT molecular complexity index is 999. The van der Waals surface area contributed by atoms with Crippen molar-refractivity contribution in [3.8, 4) is 0 Å². The van der Waals surface area contributed by atoms with Crippen molar-refractivity contribution < 1.29 is 17.6 Å². The summed E-state index contributed by atoms with van der Waals surface area (Å²) in [6.45, 7) is 1.45. The zero-order valence-corrected chi connectivity index (χ0v) is 14.6. The number of Topliss-reactive ketones (excluding diaryl/α,β-unsaturated/α-hetero) is 1. The molecule has 1 aliphatic heterocycles. The normalized spacial score (nSPS) is 15.7. The molecule has 0 bridgehead atoms. The van der Waals surface area contributed by atoms with E-state index in [-0.39, 0.29) is 26.9 Å². The number of halogens is 3. The molecule has 0 unspecified atom stereocenters. The van der Waals surface area contributed by atoms with Gasteiger partial charge in [-0.1, -0.05) is 23.2 Å². The van der Waals surface area contributed by atoms with Crippen molar-refractivity contribution in [3.05, 3.63) is 68.4 Å². The zero-order valence-electron chi connectivity index (χ0n) is 12.2. The molecule has 24 heavy (non-hydrogen) atoms. The molecule has 0 radical (unpaired) electrons. The maximum Gasteiger partial charge on any atom is 0.214 e. The predicted octanol–water partition coefficient (Wildman–Crippen LogP) is 4.45. The molecular formula is C16H10Cl2FNO3S. The van der Waals surface area contributed by atoms with Crippen molar-refractivity contribution in [2.24, 2.45) is 0 Å². The van der Waals surface area contributed by atoms with Gasteiger partial charge < -0.3 is 5.32 Å². The van der Waals surface area contributed by atoms with Gasteiger partial charge in [0.1, 0.15) is 10.7 Å². The Hall–Kier alpha value is -1.89. The Morgan fingerprint density at radius 2 is 1.75 bits per heavy atom. The smallest absolute Gasteiger partial charge is 0.214 e. The molecule has 0 saturated carbocycles. The van der Waals surface area contributed by atoms with Gasteiger partial charge in [0.2, 0.25) is 15.6 Å². The summed E-state index contributed by atoms with van der Waals surface area (Å²) in [6, 6.07) is 7.66. The molecule has 0 fully saturated rings. The Morgan fingerprint density at radius 1 is 1.12 bits per heavy atom. The fourth-order valence-electron chi connectivity index (χ4n) is 2.46. The quantitative estimate of drug-likeness (QED) is 0.775. The van der Waals surface area contributed by atoms with Gasteiger partial charge in [-0.05, 0) is 43.3 Å². The van der Waals surface area contributed by atoms with E-state index in [9.17, 15) is 17.6 Å². The number of carbonyl (C=O) groups excluding carboxylic acids is 1. The number of hydrogen-bond donors (Lipinski definition) is 1. The lowest BCUT2D eigenvalue weighted by Crippen LogP contribution is -2.24. The van der Waals surface area contributed by atoms with E-state index in [1.54, 1.807) is 0 Å². The van der Waals surface area contributed by atoms with E-state index < -0.39 is 26.3 Å². The van der Waals surface area contributed by atoms with E-state index in [0.717, 1.165) is 12.1 Å². The topological polar surface area (TPSA) is 63.2 Å². The molecule has 2 aromatic rings. The number of fused-ring (bicyclic) bond motifs is 1. The second kappa shape index (κ2) is 5.88. The average Bonchev–Trinajstić information content (AvgIpc) is 2.49. The van der Waals surface area contributed by atoms with Crippen LogP contribution in [0.2, 0.25) is 10.0 Å². The van der Waals surface area contributed by atoms with Gasteiger partial charge >= 0.3 is 0 Å². The van der Waals surface area contributed by atoms with Crippen molar-refractivity contribution in [2.75, 3.05) is 5.32 Å². The molecule has 2 aromatic carbocycles. The van der Waals surface area contributed by atoms with E-state index in [1.807, 2.05) is 0 Å².